The summed E-state index contributed by atoms with van der Waals surface area (Å²) in [5, 5.41) is 10.6. The van der Waals surface area contributed by atoms with Crippen LogP contribution in [0, 0.1) is 10.1 Å². The smallest absolute Gasteiger partial charge is 0.324 e. The molecular weight excluding hydrogens is 188 g/mol. The third-order valence-corrected chi connectivity index (χ3v) is 2.77. The van der Waals surface area contributed by atoms with Gasteiger partial charge in [-0.1, -0.05) is 11.3 Å². The molecule has 1 aromatic rings. The highest BCUT2D eigenvalue weighted by molar-refractivity contribution is 7.15. The molecule has 0 aromatic carbocycles. The Morgan fingerprint density at radius 3 is 2.85 bits per heavy atom. The molecule has 5 heteroatoms. The number of nitrogens with zero attached hydrogens (tertiary/aromatic N) is 1. The second-order valence-corrected chi connectivity index (χ2v) is 4.16. The Kier molecular flexibility index (Phi) is 3.39. The average molecular weight is 200 g/mol. The lowest BCUT2D eigenvalue weighted by Gasteiger charge is -2.00. The van der Waals surface area contributed by atoms with Gasteiger partial charge in [0.25, 0.3) is 0 Å². The molecule has 0 amide bonds. The molecule has 4 nitrogen and oxygen atoms in total. The van der Waals surface area contributed by atoms with Gasteiger partial charge in [-0.2, -0.15) is 0 Å². The average Bonchev–Trinajstić information content (AvgIpc) is 2.48. The van der Waals surface area contributed by atoms with Crippen LogP contribution < -0.4 is 5.73 Å². The number of rotatable bonds is 4. The van der Waals surface area contributed by atoms with Crippen molar-refractivity contribution in [3.8, 4) is 0 Å². The predicted octanol–water partition coefficient (Wildman–Crippen LogP) is 1.94. The summed E-state index contributed by atoms with van der Waals surface area (Å²) in [6.45, 7) is 1.93. The van der Waals surface area contributed by atoms with Crippen molar-refractivity contribution in [1.29, 1.82) is 0 Å². The first kappa shape index (κ1) is 10.1. The van der Waals surface area contributed by atoms with Gasteiger partial charge in [0.1, 0.15) is 0 Å². The summed E-state index contributed by atoms with van der Waals surface area (Å²) in [4.78, 5) is 11.0. The van der Waals surface area contributed by atoms with Crippen molar-refractivity contribution in [2.24, 2.45) is 5.73 Å². The van der Waals surface area contributed by atoms with Gasteiger partial charge >= 0.3 is 5.00 Å². The lowest BCUT2D eigenvalue weighted by Crippen LogP contribution is -2.14. The Morgan fingerprint density at radius 2 is 2.38 bits per heavy atom. The van der Waals surface area contributed by atoms with E-state index in [-0.39, 0.29) is 16.0 Å². The molecule has 1 unspecified atom stereocenters. The third-order valence-electron chi connectivity index (χ3n) is 1.67. The van der Waals surface area contributed by atoms with E-state index >= 15 is 0 Å². The first-order valence-corrected chi connectivity index (χ1v) is 4.90. The topological polar surface area (TPSA) is 69.2 Å². The fourth-order valence-corrected chi connectivity index (χ4v) is 1.80. The molecule has 1 aromatic heterocycles. The molecule has 0 fully saturated rings. The first-order valence-electron chi connectivity index (χ1n) is 4.08. The maximum absolute atomic E-state index is 10.3. The molecule has 13 heavy (non-hydrogen) atoms. The fourth-order valence-electron chi connectivity index (χ4n) is 0.969. The van der Waals surface area contributed by atoms with Gasteiger partial charge in [0.05, 0.1) is 4.92 Å². The standard InChI is InChI=1S/C8H12N2O2S/c1-6(9)2-3-7-4-5-8(13-7)10(11)12/h4-6H,2-3,9H2,1H3. The van der Waals surface area contributed by atoms with E-state index in [0.29, 0.717) is 0 Å². The van der Waals surface area contributed by atoms with Crippen LogP contribution in [0.5, 0.6) is 0 Å². The zero-order chi connectivity index (χ0) is 9.84. The van der Waals surface area contributed by atoms with Crippen molar-refractivity contribution < 1.29 is 4.92 Å². The fraction of sp³-hybridized carbons (Fsp3) is 0.500. The SMILES string of the molecule is CC(N)CCc1ccc([N+](=O)[O-])s1. The number of nitro groups is 1. The summed E-state index contributed by atoms with van der Waals surface area (Å²) >= 11 is 1.23. The molecule has 0 aliphatic heterocycles. The van der Waals surface area contributed by atoms with E-state index in [4.69, 9.17) is 5.73 Å². The highest BCUT2D eigenvalue weighted by Gasteiger charge is 2.09. The van der Waals surface area contributed by atoms with E-state index in [1.807, 2.05) is 6.92 Å². The summed E-state index contributed by atoms with van der Waals surface area (Å²) in [6, 6.07) is 3.49. The minimum atomic E-state index is -0.361. The molecule has 1 heterocycles. The Hall–Kier alpha value is -0.940. The Labute approximate surface area is 80.5 Å². The van der Waals surface area contributed by atoms with Gasteiger partial charge in [-0.05, 0) is 25.8 Å². The molecule has 0 radical (unpaired) electrons. The third kappa shape index (κ3) is 3.12. The lowest BCUT2D eigenvalue weighted by molar-refractivity contribution is -0.380. The van der Waals surface area contributed by atoms with Crippen LogP contribution in [0.2, 0.25) is 0 Å². The number of thiophene rings is 1. The van der Waals surface area contributed by atoms with Gasteiger partial charge in [0.15, 0.2) is 0 Å². The molecule has 2 N–H and O–H groups in total. The minimum Gasteiger partial charge on any atom is -0.328 e. The van der Waals surface area contributed by atoms with Crippen LogP contribution in [0.25, 0.3) is 0 Å². The van der Waals surface area contributed by atoms with Crippen LogP contribution in [-0.2, 0) is 6.42 Å². The van der Waals surface area contributed by atoms with Crippen LogP contribution in [0.4, 0.5) is 5.00 Å². The summed E-state index contributed by atoms with van der Waals surface area (Å²) in [5.74, 6) is 0. The lowest BCUT2D eigenvalue weighted by atomic mass is 10.2. The second kappa shape index (κ2) is 4.34. The Morgan fingerprint density at radius 1 is 1.69 bits per heavy atom. The van der Waals surface area contributed by atoms with Gasteiger partial charge in [-0.25, -0.2) is 0 Å². The van der Waals surface area contributed by atoms with Crippen LogP contribution in [0.3, 0.4) is 0 Å². The normalized spacial score (nSPS) is 12.8. The molecule has 72 valence electrons. The van der Waals surface area contributed by atoms with E-state index in [1.54, 1.807) is 12.1 Å². The highest BCUT2D eigenvalue weighted by Crippen LogP contribution is 2.24. The second-order valence-electron chi connectivity index (χ2n) is 3.01. The summed E-state index contributed by atoms with van der Waals surface area (Å²) < 4.78 is 0. The molecule has 0 saturated carbocycles. The number of hydrogen-bond acceptors (Lipinski definition) is 4. The minimum absolute atomic E-state index is 0.154. The van der Waals surface area contributed by atoms with Gasteiger partial charge in [-0.3, -0.25) is 10.1 Å². The van der Waals surface area contributed by atoms with Crippen molar-refractivity contribution in [3.05, 3.63) is 27.1 Å². The van der Waals surface area contributed by atoms with Crippen molar-refractivity contribution in [1.82, 2.24) is 0 Å². The van der Waals surface area contributed by atoms with E-state index in [9.17, 15) is 10.1 Å². The van der Waals surface area contributed by atoms with Crippen molar-refractivity contribution in [2.75, 3.05) is 0 Å². The van der Waals surface area contributed by atoms with Crippen LogP contribution >= 0.6 is 11.3 Å². The quantitative estimate of drug-likeness (QED) is 0.596. The molecule has 0 saturated heterocycles. The molecule has 0 bridgehead atoms. The Balaban J connectivity index is 2.54. The summed E-state index contributed by atoms with van der Waals surface area (Å²) in [6.07, 6.45) is 1.70. The van der Waals surface area contributed by atoms with Gasteiger partial charge in [-0.15, -0.1) is 0 Å². The monoisotopic (exact) mass is 200 g/mol. The summed E-state index contributed by atoms with van der Waals surface area (Å²) in [7, 11) is 0. The van der Waals surface area contributed by atoms with Crippen LogP contribution in [-0.4, -0.2) is 11.0 Å². The molecular formula is C8H12N2O2S. The zero-order valence-electron chi connectivity index (χ0n) is 7.40. The van der Waals surface area contributed by atoms with E-state index in [2.05, 4.69) is 0 Å². The number of nitrogens with two attached hydrogens (primary N) is 1. The van der Waals surface area contributed by atoms with Gasteiger partial charge < -0.3 is 5.73 Å². The van der Waals surface area contributed by atoms with Crippen molar-refractivity contribution in [2.45, 2.75) is 25.8 Å². The van der Waals surface area contributed by atoms with Crippen LogP contribution in [0.1, 0.15) is 18.2 Å². The number of aryl methyl sites for hydroxylation is 1. The van der Waals surface area contributed by atoms with Crippen LogP contribution in [0.15, 0.2) is 12.1 Å². The predicted molar refractivity (Wildman–Crippen MR) is 52.9 cm³/mol. The maximum Gasteiger partial charge on any atom is 0.324 e. The van der Waals surface area contributed by atoms with Gasteiger partial charge in [0.2, 0.25) is 0 Å². The van der Waals surface area contributed by atoms with E-state index in [0.717, 1.165) is 17.7 Å². The zero-order valence-corrected chi connectivity index (χ0v) is 8.21. The Bertz CT molecular complexity index is 296. The number of hydrogen-bond donors (Lipinski definition) is 1. The molecule has 0 aliphatic rings. The summed E-state index contributed by atoms with van der Waals surface area (Å²) in [5.41, 5.74) is 5.58. The largest absolute Gasteiger partial charge is 0.328 e. The first-order chi connectivity index (χ1) is 6.09. The molecule has 0 spiro atoms. The van der Waals surface area contributed by atoms with E-state index < -0.39 is 0 Å². The molecule has 1 rings (SSSR count). The van der Waals surface area contributed by atoms with Crippen molar-refractivity contribution >= 4 is 16.3 Å². The molecule has 0 aliphatic carbocycles. The molecule has 1 atom stereocenters. The maximum atomic E-state index is 10.3. The van der Waals surface area contributed by atoms with Crippen molar-refractivity contribution in [3.63, 3.8) is 0 Å². The highest BCUT2D eigenvalue weighted by atomic mass is 32.1. The van der Waals surface area contributed by atoms with Gasteiger partial charge in [0, 0.05) is 17.0 Å². The van der Waals surface area contributed by atoms with E-state index in [1.165, 1.54) is 11.3 Å².